The van der Waals surface area contributed by atoms with E-state index in [2.05, 4.69) is 0 Å². The van der Waals surface area contributed by atoms with E-state index >= 15 is 0 Å². The molecule has 27 heavy (non-hydrogen) atoms. The number of piperidine rings is 2. The zero-order valence-electron chi connectivity index (χ0n) is 16.5. The molecule has 154 valence electrons. The van der Waals surface area contributed by atoms with Crippen LogP contribution in [0.5, 0.6) is 0 Å². The number of hydrogen-bond donors (Lipinski definition) is 0. The molecule has 8 nitrogen and oxygen atoms in total. The van der Waals surface area contributed by atoms with Crippen LogP contribution in [0.15, 0.2) is 0 Å². The quantitative estimate of drug-likeness (QED) is 0.593. The van der Waals surface area contributed by atoms with Crippen LogP contribution in [-0.2, 0) is 19.1 Å². The Balaban J connectivity index is 1.92. The first-order valence-corrected chi connectivity index (χ1v) is 10.2. The summed E-state index contributed by atoms with van der Waals surface area (Å²) >= 11 is 0. The second-order valence-electron chi connectivity index (χ2n) is 7.05. The highest BCUT2D eigenvalue weighted by atomic mass is 16.6. The fourth-order valence-corrected chi connectivity index (χ4v) is 3.42. The van der Waals surface area contributed by atoms with Crippen LogP contribution in [-0.4, -0.2) is 91.7 Å². The molecule has 2 rings (SSSR count). The monoisotopic (exact) mass is 383 g/mol. The number of carbonyl (C=O) groups excluding carboxylic acids is 3. The summed E-state index contributed by atoms with van der Waals surface area (Å²) in [4.78, 5) is 42.4. The molecule has 0 bridgehead atoms. The molecule has 0 spiro atoms. The smallest absolute Gasteiger partial charge is 0.410 e. The lowest BCUT2D eigenvalue weighted by Crippen LogP contribution is -2.49. The van der Waals surface area contributed by atoms with Gasteiger partial charge in [-0.15, -0.1) is 0 Å². The van der Waals surface area contributed by atoms with Crippen LogP contribution in [0.3, 0.4) is 0 Å². The molecule has 0 saturated carbocycles. The third kappa shape index (κ3) is 7.36. The van der Waals surface area contributed by atoms with Gasteiger partial charge in [-0.05, 0) is 45.4 Å². The number of likely N-dealkylation sites (tertiary alicyclic amines) is 2. The molecule has 0 radical (unpaired) electrons. The van der Waals surface area contributed by atoms with Crippen molar-refractivity contribution < 1.29 is 23.9 Å². The average molecular weight is 383 g/mol. The van der Waals surface area contributed by atoms with Crippen molar-refractivity contribution in [3.8, 4) is 0 Å². The molecular weight excluding hydrogens is 350 g/mol. The second-order valence-corrected chi connectivity index (χ2v) is 7.05. The first kappa shape index (κ1) is 21.5. The highest BCUT2D eigenvalue weighted by Crippen LogP contribution is 2.12. The van der Waals surface area contributed by atoms with Crippen LogP contribution in [0, 0.1) is 0 Å². The highest BCUT2D eigenvalue weighted by Gasteiger charge is 2.27. The van der Waals surface area contributed by atoms with Crippen molar-refractivity contribution >= 4 is 17.9 Å². The Hall–Kier alpha value is -1.83. The molecule has 3 amide bonds. The molecule has 2 saturated heterocycles. The van der Waals surface area contributed by atoms with E-state index in [0.29, 0.717) is 39.4 Å². The van der Waals surface area contributed by atoms with Crippen LogP contribution in [0.4, 0.5) is 4.79 Å². The molecule has 0 aromatic heterocycles. The number of nitrogens with zero attached hydrogens (tertiary/aromatic N) is 3. The molecule has 2 aliphatic heterocycles. The Bertz CT molecular complexity index is 456. The van der Waals surface area contributed by atoms with Gasteiger partial charge in [-0.2, -0.15) is 0 Å². The molecule has 0 N–H and O–H groups in total. The topological polar surface area (TPSA) is 79.4 Å². The first-order chi connectivity index (χ1) is 13.1. The average Bonchev–Trinajstić information content (AvgIpc) is 2.71. The van der Waals surface area contributed by atoms with Gasteiger partial charge in [0.05, 0.1) is 6.61 Å². The van der Waals surface area contributed by atoms with E-state index in [1.54, 1.807) is 9.80 Å². The van der Waals surface area contributed by atoms with Gasteiger partial charge in [-0.25, -0.2) is 4.79 Å². The van der Waals surface area contributed by atoms with E-state index < -0.39 is 6.09 Å². The Morgan fingerprint density at radius 1 is 0.778 bits per heavy atom. The van der Waals surface area contributed by atoms with Gasteiger partial charge < -0.3 is 19.3 Å². The van der Waals surface area contributed by atoms with E-state index in [0.717, 1.165) is 38.5 Å². The summed E-state index contributed by atoms with van der Waals surface area (Å²) < 4.78 is 10.4. The summed E-state index contributed by atoms with van der Waals surface area (Å²) in [6, 6.07) is 0. The second kappa shape index (κ2) is 11.8. The number of hydrogen-bond acceptors (Lipinski definition) is 5. The maximum atomic E-state index is 12.6. The summed E-state index contributed by atoms with van der Waals surface area (Å²) in [7, 11) is 0. The lowest BCUT2D eigenvalue weighted by atomic mass is 10.1. The summed E-state index contributed by atoms with van der Waals surface area (Å²) in [6.07, 6.45) is 5.55. The number of ether oxygens (including phenoxy) is 2. The molecule has 2 fully saturated rings. The van der Waals surface area contributed by atoms with Crippen LogP contribution in [0.2, 0.25) is 0 Å². The van der Waals surface area contributed by atoms with Crippen molar-refractivity contribution in [1.29, 1.82) is 0 Å². The molecule has 2 heterocycles. The lowest BCUT2D eigenvalue weighted by molar-refractivity contribution is -0.136. The van der Waals surface area contributed by atoms with Gasteiger partial charge >= 0.3 is 6.09 Å². The normalized spacial score (nSPS) is 17.5. The van der Waals surface area contributed by atoms with Crippen LogP contribution >= 0.6 is 0 Å². The molecule has 0 aliphatic carbocycles. The third-order valence-electron chi connectivity index (χ3n) is 4.99. The Kier molecular flexibility index (Phi) is 9.38. The van der Waals surface area contributed by atoms with Crippen molar-refractivity contribution in [2.45, 2.75) is 45.4 Å². The predicted octanol–water partition coefficient (Wildman–Crippen LogP) is 1.49. The summed E-state index contributed by atoms with van der Waals surface area (Å²) in [5, 5.41) is 0. The van der Waals surface area contributed by atoms with Crippen LogP contribution in [0.1, 0.15) is 45.4 Å². The van der Waals surface area contributed by atoms with Gasteiger partial charge in [0.1, 0.15) is 19.7 Å². The van der Waals surface area contributed by atoms with Gasteiger partial charge in [0, 0.05) is 32.8 Å². The van der Waals surface area contributed by atoms with Gasteiger partial charge in [0.15, 0.2) is 0 Å². The molecular formula is C19H33N3O5. The van der Waals surface area contributed by atoms with E-state index in [4.69, 9.17) is 9.47 Å². The molecule has 2 aliphatic rings. The molecule has 0 aromatic carbocycles. The zero-order chi connectivity index (χ0) is 19.5. The van der Waals surface area contributed by atoms with Crippen LogP contribution in [0.25, 0.3) is 0 Å². The minimum atomic E-state index is -0.634. The fourth-order valence-electron chi connectivity index (χ4n) is 3.42. The standard InChI is InChI=1S/C19H33N3O5/c1-2-26-13-14-27-19(25)22(15-17(23)20-9-5-3-6-10-20)16-18(24)21-11-7-4-8-12-21/h2-16H2,1H3. The first-order valence-electron chi connectivity index (χ1n) is 10.2. The number of rotatable bonds is 8. The summed E-state index contributed by atoms with van der Waals surface area (Å²) in [5.74, 6) is -0.245. The molecule has 0 aromatic rings. The minimum Gasteiger partial charge on any atom is -0.447 e. The minimum absolute atomic E-state index is 0.110. The van der Waals surface area contributed by atoms with E-state index in [9.17, 15) is 14.4 Å². The third-order valence-corrected chi connectivity index (χ3v) is 4.99. The largest absolute Gasteiger partial charge is 0.447 e. The van der Waals surface area contributed by atoms with E-state index in [-0.39, 0.29) is 31.5 Å². The van der Waals surface area contributed by atoms with Gasteiger partial charge in [-0.3, -0.25) is 14.5 Å². The molecule has 8 heteroatoms. The molecule has 0 unspecified atom stereocenters. The molecule has 0 atom stereocenters. The Morgan fingerprint density at radius 2 is 1.26 bits per heavy atom. The van der Waals surface area contributed by atoms with Crippen molar-refractivity contribution in [2.75, 3.05) is 59.1 Å². The highest BCUT2D eigenvalue weighted by molar-refractivity contribution is 5.87. The van der Waals surface area contributed by atoms with Crippen molar-refractivity contribution in [2.24, 2.45) is 0 Å². The number of carbonyl (C=O) groups is 3. The van der Waals surface area contributed by atoms with Crippen LogP contribution < -0.4 is 0 Å². The fraction of sp³-hybridized carbons (Fsp3) is 0.842. The van der Waals surface area contributed by atoms with Crippen molar-refractivity contribution in [1.82, 2.24) is 14.7 Å². The Labute approximate surface area is 161 Å². The number of amides is 3. The Morgan fingerprint density at radius 3 is 1.70 bits per heavy atom. The van der Waals surface area contributed by atoms with Gasteiger partial charge in [-0.1, -0.05) is 0 Å². The van der Waals surface area contributed by atoms with Gasteiger partial charge in [0.25, 0.3) is 0 Å². The summed E-state index contributed by atoms with van der Waals surface area (Å²) in [5.41, 5.74) is 0. The summed E-state index contributed by atoms with van der Waals surface area (Å²) in [6.45, 7) is 5.44. The van der Waals surface area contributed by atoms with E-state index in [1.165, 1.54) is 4.90 Å². The van der Waals surface area contributed by atoms with Crippen molar-refractivity contribution in [3.63, 3.8) is 0 Å². The SMILES string of the molecule is CCOCCOC(=O)N(CC(=O)N1CCCCC1)CC(=O)N1CCCCC1. The van der Waals surface area contributed by atoms with Crippen molar-refractivity contribution in [3.05, 3.63) is 0 Å². The van der Waals surface area contributed by atoms with E-state index in [1.807, 2.05) is 6.92 Å². The predicted molar refractivity (Wildman–Crippen MR) is 100 cm³/mol. The zero-order valence-corrected chi connectivity index (χ0v) is 16.5. The van der Waals surface area contributed by atoms with Gasteiger partial charge in [0.2, 0.25) is 11.8 Å². The maximum Gasteiger partial charge on any atom is 0.410 e. The maximum absolute atomic E-state index is 12.6. The lowest BCUT2D eigenvalue weighted by Gasteiger charge is -2.31.